The minimum Gasteiger partial charge on any atom is -0.400 e. The Morgan fingerprint density at radius 2 is 1.88 bits per heavy atom. The Labute approximate surface area is 148 Å². The third kappa shape index (κ3) is 4.20. The molecular weight excluding hydrogens is 323 g/mol. The number of hydrogen-bond acceptors (Lipinski definition) is 6. The highest BCUT2D eigenvalue weighted by atomic mass is 32.2. The number of rotatable bonds is 4. The summed E-state index contributed by atoms with van der Waals surface area (Å²) in [5, 5.41) is 0.0545. The van der Waals surface area contributed by atoms with Crippen LogP contribution in [-0.4, -0.2) is 34.2 Å². The number of carbonyl (C=O) groups is 1. The van der Waals surface area contributed by atoms with Gasteiger partial charge in [-0.3, -0.25) is 9.78 Å². The average molecular weight is 348 g/mol. The van der Waals surface area contributed by atoms with E-state index in [1.54, 1.807) is 6.92 Å². The van der Waals surface area contributed by atoms with Gasteiger partial charge < -0.3 is 15.0 Å². The Bertz CT molecular complexity index is 658. The summed E-state index contributed by atoms with van der Waals surface area (Å²) in [6.45, 7) is 11.5. The van der Waals surface area contributed by atoms with Crippen molar-refractivity contribution in [3.8, 4) is 0 Å². The zero-order chi connectivity index (χ0) is 18.1. The van der Waals surface area contributed by atoms with Crippen molar-refractivity contribution in [2.45, 2.75) is 52.7 Å². The zero-order valence-electron chi connectivity index (χ0n) is 15.2. The lowest BCUT2D eigenvalue weighted by atomic mass is 9.78. The third-order valence-electron chi connectivity index (χ3n) is 4.48. The molecular formula is C17H25BN2O3S. The molecule has 0 aromatic carbocycles. The van der Waals surface area contributed by atoms with Gasteiger partial charge >= 0.3 is 7.12 Å². The lowest BCUT2D eigenvalue weighted by Gasteiger charge is -2.32. The standard InChI is InChI=1S/C17H25BN2O3S/c1-11-15(19)8-7-14(20-11)9-13(10-24-12(2)21)18-22-16(3,4)17(5,6)23-18/h7-9H,10,19H2,1-6H3. The van der Waals surface area contributed by atoms with E-state index in [9.17, 15) is 4.79 Å². The summed E-state index contributed by atoms with van der Waals surface area (Å²) in [7, 11) is -0.499. The number of carbonyl (C=O) groups excluding carboxylic acids is 1. The van der Waals surface area contributed by atoms with Crippen LogP contribution in [0.1, 0.15) is 46.0 Å². The Morgan fingerprint density at radius 1 is 1.29 bits per heavy atom. The van der Waals surface area contributed by atoms with Crippen molar-refractivity contribution in [1.82, 2.24) is 4.98 Å². The maximum Gasteiger partial charge on any atom is 0.491 e. The molecule has 1 aliphatic heterocycles. The molecule has 2 rings (SSSR count). The molecule has 2 N–H and O–H groups in total. The van der Waals surface area contributed by atoms with Crippen molar-refractivity contribution in [2.75, 3.05) is 11.5 Å². The van der Waals surface area contributed by atoms with Gasteiger partial charge in [-0.2, -0.15) is 0 Å². The second kappa shape index (κ2) is 6.90. The second-order valence-electron chi connectivity index (χ2n) is 7.00. The molecule has 1 aromatic rings. The normalized spacial score (nSPS) is 19.6. The van der Waals surface area contributed by atoms with Gasteiger partial charge in [0.05, 0.1) is 28.3 Å². The third-order valence-corrected chi connectivity index (χ3v) is 5.36. The van der Waals surface area contributed by atoms with Gasteiger partial charge in [-0.15, -0.1) is 0 Å². The van der Waals surface area contributed by atoms with E-state index in [0.717, 1.165) is 16.9 Å². The Morgan fingerprint density at radius 3 is 2.38 bits per heavy atom. The Kier molecular flexibility index (Phi) is 5.47. The molecule has 0 spiro atoms. The van der Waals surface area contributed by atoms with Crippen molar-refractivity contribution in [1.29, 1.82) is 0 Å². The van der Waals surface area contributed by atoms with Gasteiger partial charge in [-0.1, -0.05) is 11.8 Å². The smallest absolute Gasteiger partial charge is 0.400 e. The van der Waals surface area contributed by atoms with Crippen LogP contribution < -0.4 is 5.73 Å². The molecule has 130 valence electrons. The number of aryl methyl sites for hydroxylation is 1. The summed E-state index contributed by atoms with van der Waals surface area (Å²) in [5.41, 5.74) is 8.06. The van der Waals surface area contributed by atoms with Crippen LogP contribution >= 0.6 is 11.8 Å². The number of nitrogens with two attached hydrogens (primary N) is 1. The van der Waals surface area contributed by atoms with Crippen molar-refractivity contribution in [2.24, 2.45) is 0 Å². The van der Waals surface area contributed by atoms with Gasteiger partial charge in [0, 0.05) is 12.7 Å². The lowest BCUT2D eigenvalue weighted by Crippen LogP contribution is -2.41. The summed E-state index contributed by atoms with van der Waals surface area (Å²) in [6, 6.07) is 3.68. The van der Waals surface area contributed by atoms with E-state index in [4.69, 9.17) is 15.0 Å². The van der Waals surface area contributed by atoms with E-state index in [1.807, 2.05) is 52.8 Å². The predicted molar refractivity (Wildman–Crippen MR) is 101 cm³/mol. The van der Waals surface area contributed by atoms with E-state index < -0.39 is 18.3 Å². The predicted octanol–water partition coefficient (Wildman–Crippen LogP) is 3.27. The first kappa shape index (κ1) is 19.0. The first-order chi connectivity index (χ1) is 11.0. The van der Waals surface area contributed by atoms with Gasteiger partial charge in [0.25, 0.3) is 0 Å². The molecule has 1 aliphatic rings. The average Bonchev–Trinajstić information content (AvgIpc) is 2.67. The van der Waals surface area contributed by atoms with E-state index >= 15 is 0 Å². The van der Waals surface area contributed by atoms with Crippen LogP contribution in [-0.2, 0) is 14.1 Å². The fourth-order valence-electron chi connectivity index (χ4n) is 2.22. The summed E-state index contributed by atoms with van der Waals surface area (Å²) >= 11 is 1.23. The fraction of sp³-hybridized carbons (Fsp3) is 0.529. The maximum atomic E-state index is 11.4. The number of nitrogen functional groups attached to an aromatic ring is 1. The Hall–Kier alpha value is -1.31. The van der Waals surface area contributed by atoms with Crippen LogP contribution in [0.3, 0.4) is 0 Å². The molecule has 7 heteroatoms. The molecule has 0 atom stereocenters. The SMILES string of the molecule is CC(=O)SCC(=Cc1ccc(N)c(C)n1)B1OC(C)(C)C(C)(C)O1. The topological polar surface area (TPSA) is 74.4 Å². The molecule has 1 aromatic heterocycles. The van der Waals surface area contributed by atoms with Crippen LogP contribution in [0.5, 0.6) is 0 Å². The zero-order valence-corrected chi connectivity index (χ0v) is 16.0. The maximum absolute atomic E-state index is 11.4. The van der Waals surface area contributed by atoms with Gasteiger partial charge in [0.2, 0.25) is 0 Å². The van der Waals surface area contributed by atoms with Crippen molar-refractivity contribution in [3.05, 3.63) is 29.0 Å². The number of aromatic nitrogens is 1. The highest BCUT2D eigenvalue weighted by Crippen LogP contribution is 2.39. The number of thioether (sulfide) groups is 1. The molecule has 0 unspecified atom stereocenters. The first-order valence-corrected chi connectivity index (χ1v) is 8.93. The molecule has 0 saturated carbocycles. The minimum absolute atomic E-state index is 0.0545. The van der Waals surface area contributed by atoms with Crippen LogP contribution in [0.4, 0.5) is 5.69 Å². The fourth-order valence-corrected chi connectivity index (χ4v) is 2.81. The second-order valence-corrected chi connectivity index (χ2v) is 8.15. The highest BCUT2D eigenvalue weighted by molar-refractivity contribution is 8.13. The number of pyridine rings is 1. The first-order valence-electron chi connectivity index (χ1n) is 7.94. The van der Waals surface area contributed by atoms with Crippen molar-refractivity contribution < 1.29 is 14.1 Å². The van der Waals surface area contributed by atoms with E-state index in [0.29, 0.717) is 11.4 Å². The minimum atomic E-state index is -0.499. The molecule has 1 saturated heterocycles. The van der Waals surface area contributed by atoms with Crippen LogP contribution in [0.15, 0.2) is 17.6 Å². The van der Waals surface area contributed by atoms with Crippen LogP contribution in [0, 0.1) is 6.92 Å². The van der Waals surface area contributed by atoms with Crippen molar-refractivity contribution in [3.63, 3.8) is 0 Å². The van der Waals surface area contributed by atoms with Crippen molar-refractivity contribution >= 4 is 35.8 Å². The molecule has 0 amide bonds. The lowest BCUT2D eigenvalue weighted by molar-refractivity contribution is -0.109. The van der Waals surface area contributed by atoms with Crippen LogP contribution in [0.2, 0.25) is 0 Å². The van der Waals surface area contributed by atoms with Gasteiger partial charge in [0.1, 0.15) is 0 Å². The van der Waals surface area contributed by atoms with Gasteiger partial charge in [-0.25, -0.2) is 0 Å². The van der Waals surface area contributed by atoms with E-state index in [-0.39, 0.29) is 5.12 Å². The molecule has 0 bridgehead atoms. The summed E-state index contributed by atoms with van der Waals surface area (Å²) in [6.07, 6.45) is 1.92. The molecule has 5 nitrogen and oxygen atoms in total. The quantitative estimate of drug-likeness (QED) is 0.842. The molecule has 0 radical (unpaired) electrons. The number of anilines is 1. The van der Waals surface area contributed by atoms with Gasteiger partial charge in [-0.05, 0) is 58.3 Å². The summed E-state index contributed by atoms with van der Waals surface area (Å²) in [5.74, 6) is 0.497. The summed E-state index contributed by atoms with van der Waals surface area (Å²) in [4.78, 5) is 15.9. The molecule has 1 fully saturated rings. The van der Waals surface area contributed by atoms with E-state index in [2.05, 4.69) is 4.98 Å². The molecule has 24 heavy (non-hydrogen) atoms. The van der Waals surface area contributed by atoms with Crippen LogP contribution in [0.25, 0.3) is 6.08 Å². The number of nitrogens with zero attached hydrogens (tertiary/aromatic N) is 1. The van der Waals surface area contributed by atoms with Gasteiger partial charge in [0.15, 0.2) is 5.12 Å². The molecule has 0 aliphatic carbocycles. The van der Waals surface area contributed by atoms with E-state index in [1.165, 1.54) is 11.8 Å². The highest BCUT2D eigenvalue weighted by Gasteiger charge is 2.52. The largest absolute Gasteiger partial charge is 0.491 e. The monoisotopic (exact) mass is 348 g/mol. The summed E-state index contributed by atoms with van der Waals surface area (Å²) < 4.78 is 12.2. The Balaban J connectivity index is 2.33. The molecule has 2 heterocycles. The number of hydrogen-bond donors (Lipinski definition) is 1.